The van der Waals surface area contributed by atoms with Crippen LogP contribution in [0.15, 0.2) is 83.8 Å². The molecule has 2 N–H and O–H groups in total. The van der Waals surface area contributed by atoms with Crippen molar-refractivity contribution in [2.24, 2.45) is 5.92 Å². The topological polar surface area (TPSA) is 67.4 Å². The first-order chi connectivity index (χ1) is 15.5. The number of hydrogen-bond donors (Lipinski definition) is 2. The van der Waals surface area contributed by atoms with Gasteiger partial charge in [-0.15, -0.1) is 0 Å². The van der Waals surface area contributed by atoms with Gasteiger partial charge in [-0.2, -0.15) is 0 Å². The van der Waals surface area contributed by atoms with Gasteiger partial charge < -0.3 is 10.1 Å². The molecule has 3 aromatic rings. The van der Waals surface area contributed by atoms with Crippen molar-refractivity contribution in [3.63, 3.8) is 0 Å². The number of sulfonamides is 1. The molecule has 3 aromatic carbocycles. The molecule has 3 atom stereocenters. The predicted octanol–water partition coefficient (Wildman–Crippen LogP) is 5.98. The number of nitrogens with one attached hydrogen (secondary N) is 2. The summed E-state index contributed by atoms with van der Waals surface area (Å²) in [7, 11) is -2.20. The average molecular weight is 467 g/mol. The van der Waals surface area contributed by atoms with Crippen LogP contribution in [-0.4, -0.2) is 15.5 Å². The summed E-state index contributed by atoms with van der Waals surface area (Å²) in [5.74, 6) is 0.982. The van der Waals surface area contributed by atoms with Gasteiger partial charge in [-0.25, -0.2) is 8.42 Å². The van der Waals surface area contributed by atoms with Crippen LogP contribution in [0.4, 0.5) is 11.4 Å². The van der Waals surface area contributed by atoms with E-state index in [1.165, 1.54) is 0 Å². The van der Waals surface area contributed by atoms with Crippen LogP contribution in [0, 0.1) is 5.92 Å². The number of anilines is 2. The highest BCUT2D eigenvalue weighted by atomic mass is 35.5. The number of methoxy groups -OCH3 is 1. The van der Waals surface area contributed by atoms with Gasteiger partial charge in [-0.3, -0.25) is 4.72 Å². The van der Waals surface area contributed by atoms with Crippen molar-refractivity contribution in [2.45, 2.75) is 23.3 Å². The lowest BCUT2D eigenvalue weighted by Gasteiger charge is -2.38. The van der Waals surface area contributed by atoms with Crippen molar-refractivity contribution in [3.8, 4) is 5.75 Å². The van der Waals surface area contributed by atoms with Crippen molar-refractivity contribution >= 4 is 33.0 Å². The van der Waals surface area contributed by atoms with E-state index >= 15 is 0 Å². The molecule has 164 valence electrons. The summed E-state index contributed by atoms with van der Waals surface area (Å²) in [6.07, 6.45) is 5.26. The zero-order valence-electron chi connectivity index (χ0n) is 17.5. The summed E-state index contributed by atoms with van der Waals surface area (Å²) in [6, 6.07) is 20.1. The van der Waals surface area contributed by atoms with Crippen LogP contribution in [0.5, 0.6) is 5.75 Å². The highest BCUT2D eigenvalue weighted by Gasteiger charge is 2.39. The largest absolute Gasteiger partial charge is 0.497 e. The molecule has 0 amide bonds. The van der Waals surface area contributed by atoms with Gasteiger partial charge in [-0.1, -0.05) is 48.0 Å². The second-order valence-corrected chi connectivity index (χ2v) is 10.2. The monoisotopic (exact) mass is 466 g/mol. The molecule has 0 fully saturated rings. The summed E-state index contributed by atoms with van der Waals surface area (Å²) in [6.45, 7) is 0. The molecule has 32 heavy (non-hydrogen) atoms. The lowest BCUT2D eigenvalue weighted by atomic mass is 9.77. The van der Waals surface area contributed by atoms with E-state index in [-0.39, 0.29) is 22.8 Å². The van der Waals surface area contributed by atoms with Gasteiger partial charge in [0, 0.05) is 22.7 Å². The van der Waals surface area contributed by atoms with Gasteiger partial charge >= 0.3 is 0 Å². The molecule has 2 unspecified atom stereocenters. The quantitative estimate of drug-likeness (QED) is 0.454. The van der Waals surface area contributed by atoms with Gasteiger partial charge in [0.1, 0.15) is 5.75 Å². The molecule has 2 aliphatic rings. The number of rotatable bonds is 5. The van der Waals surface area contributed by atoms with Crippen molar-refractivity contribution in [1.29, 1.82) is 0 Å². The minimum atomic E-state index is -3.75. The summed E-state index contributed by atoms with van der Waals surface area (Å²) < 4.78 is 34.0. The van der Waals surface area contributed by atoms with E-state index in [1.807, 2.05) is 24.3 Å². The van der Waals surface area contributed by atoms with Crippen LogP contribution in [-0.2, 0) is 10.0 Å². The normalized spacial score (nSPS) is 21.4. The molecule has 1 aliphatic carbocycles. The molecule has 0 radical (unpaired) electrons. The maximum absolute atomic E-state index is 13.1. The summed E-state index contributed by atoms with van der Waals surface area (Å²) in [5.41, 5.74) is 3.44. The number of ether oxygens (including phenoxy) is 1. The standard InChI is InChI=1S/C25H23ClN2O3S/c1-31-17-7-4-6-16(14-17)28-32(29,30)18-12-13-24-22(15-18)19-9-5-10-20(19)25(27-24)21-8-2-3-11-23(21)26/h2-9,11-15,19-20,25,27-28H,10H2,1H3/t19?,20?,25-/m0/s1. The fourth-order valence-electron chi connectivity index (χ4n) is 4.68. The minimum absolute atomic E-state index is 0.0635. The second kappa shape index (κ2) is 8.19. The molecule has 0 aromatic heterocycles. The van der Waals surface area contributed by atoms with Gasteiger partial charge in [0.15, 0.2) is 0 Å². The van der Waals surface area contributed by atoms with Gasteiger partial charge in [0.2, 0.25) is 0 Å². The van der Waals surface area contributed by atoms with E-state index in [0.29, 0.717) is 11.4 Å². The SMILES string of the molecule is COc1cccc(NS(=O)(=O)c2ccc3c(c2)C2C=CCC2[C@@H](c2ccccc2Cl)N3)c1. The van der Waals surface area contributed by atoms with Crippen molar-refractivity contribution in [2.75, 3.05) is 17.1 Å². The lowest BCUT2D eigenvalue weighted by Crippen LogP contribution is -2.29. The molecule has 5 nitrogen and oxygen atoms in total. The summed E-state index contributed by atoms with van der Waals surface area (Å²) in [5, 5.41) is 4.35. The number of fused-ring (bicyclic) bond motifs is 3. The number of hydrogen-bond acceptors (Lipinski definition) is 4. The van der Waals surface area contributed by atoms with Gasteiger partial charge in [-0.05, 0) is 59.9 Å². The van der Waals surface area contributed by atoms with Gasteiger partial charge in [0.05, 0.1) is 23.7 Å². The van der Waals surface area contributed by atoms with E-state index in [4.69, 9.17) is 16.3 Å². The highest BCUT2D eigenvalue weighted by Crippen LogP contribution is 2.51. The average Bonchev–Trinajstić information content (AvgIpc) is 3.29. The van der Waals surface area contributed by atoms with Crippen LogP contribution in [0.25, 0.3) is 0 Å². The Kier molecular flexibility index (Phi) is 5.35. The highest BCUT2D eigenvalue weighted by molar-refractivity contribution is 7.92. The Morgan fingerprint density at radius 1 is 1.03 bits per heavy atom. The molecule has 0 saturated carbocycles. The Bertz CT molecular complexity index is 1310. The fourth-order valence-corrected chi connectivity index (χ4v) is 6.01. The van der Waals surface area contributed by atoms with Crippen LogP contribution < -0.4 is 14.8 Å². The number of allylic oxidation sites excluding steroid dienone is 2. The Morgan fingerprint density at radius 3 is 2.69 bits per heavy atom. The molecular weight excluding hydrogens is 444 g/mol. The Labute approximate surface area is 193 Å². The van der Waals surface area contributed by atoms with Gasteiger partial charge in [0.25, 0.3) is 10.0 Å². The molecule has 1 aliphatic heterocycles. The smallest absolute Gasteiger partial charge is 0.261 e. The first-order valence-corrected chi connectivity index (χ1v) is 12.3. The number of halogens is 1. The van der Waals surface area contributed by atoms with Crippen molar-refractivity contribution in [3.05, 3.63) is 95.0 Å². The van der Waals surface area contributed by atoms with Crippen LogP contribution >= 0.6 is 11.6 Å². The van der Waals surface area contributed by atoms with E-state index in [0.717, 1.165) is 28.3 Å². The Hall–Kier alpha value is -2.96. The molecule has 1 heterocycles. The zero-order chi connectivity index (χ0) is 22.3. The molecule has 0 saturated heterocycles. The minimum Gasteiger partial charge on any atom is -0.497 e. The third kappa shape index (κ3) is 3.74. The fraction of sp³-hybridized carbons (Fsp3) is 0.200. The maximum atomic E-state index is 13.1. The first-order valence-electron chi connectivity index (χ1n) is 10.4. The van der Waals surface area contributed by atoms with E-state index in [9.17, 15) is 8.42 Å². The van der Waals surface area contributed by atoms with Crippen molar-refractivity contribution in [1.82, 2.24) is 0 Å². The van der Waals surface area contributed by atoms with E-state index in [1.54, 1.807) is 43.5 Å². The molecule has 0 spiro atoms. The maximum Gasteiger partial charge on any atom is 0.261 e. The third-order valence-corrected chi connectivity index (χ3v) is 7.93. The predicted molar refractivity (Wildman–Crippen MR) is 128 cm³/mol. The molecule has 0 bridgehead atoms. The van der Waals surface area contributed by atoms with Crippen LogP contribution in [0.2, 0.25) is 5.02 Å². The first kappa shape index (κ1) is 20.9. The molecular formula is C25H23ClN2O3S. The summed E-state index contributed by atoms with van der Waals surface area (Å²) in [4.78, 5) is 0.233. The molecule has 5 rings (SSSR count). The Morgan fingerprint density at radius 2 is 1.88 bits per heavy atom. The third-order valence-electron chi connectivity index (χ3n) is 6.21. The summed E-state index contributed by atoms with van der Waals surface area (Å²) >= 11 is 6.50. The second-order valence-electron chi connectivity index (χ2n) is 8.08. The van der Waals surface area contributed by atoms with E-state index < -0.39 is 10.0 Å². The van der Waals surface area contributed by atoms with Crippen LogP contribution in [0.1, 0.15) is 29.5 Å². The van der Waals surface area contributed by atoms with Crippen LogP contribution in [0.3, 0.4) is 0 Å². The Balaban J connectivity index is 1.49. The lowest BCUT2D eigenvalue weighted by molar-refractivity contribution is 0.415. The molecule has 7 heteroatoms. The number of benzene rings is 3. The van der Waals surface area contributed by atoms with E-state index in [2.05, 4.69) is 28.3 Å². The zero-order valence-corrected chi connectivity index (χ0v) is 19.0. The van der Waals surface area contributed by atoms with Crippen molar-refractivity contribution < 1.29 is 13.2 Å².